The zero-order chi connectivity index (χ0) is 17.2. The summed E-state index contributed by atoms with van der Waals surface area (Å²) < 4.78 is 2.04. The Morgan fingerprint density at radius 3 is 2.32 bits per heavy atom. The van der Waals surface area contributed by atoms with Crippen molar-refractivity contribution in [3.05, 3.63) is 101 Å². The zero-order valence-corrected chi connectivity index (χ0v) is 13.7. The number of nitrogens with two attached hydrogens (primary N) is 1. The van der Waals surface area contributed by atoms with Crippen molar-refractivity contribution in [2.45, 2.75) is 6.54 Å². The van der Waals surface area contributed by atoms with Gasteiger partial charge in [-0.2, -0.15) is 0 Å². The molecule has 1 heterocycles. The van der Waals surface area contributed by atoms with Crippen LogP contribution in [0, 0.1) is 0 Å². The summed E-state index contributed by atoms with van der Waals surface area (Å²) in [6.45, 7) is 0.516. The van der Waals surface area contributed by atoms with Crippen LogP contribution in [0.15, 0.2) is 89.9 Å². The van der Waals surface area contributed by atoms with Crippen LogP contribution in [-0.4, -0.2) is 4.57 Å². The van der Waals surface area contributed by atoms with Crippen molar-refractivity contribution < 1.29 is 0 Å². The van der Waals surface area contributed by atoms with Crippen LogP contribution in [0.3, 0.4) is 0 Å². The maximum Gasteiger partial charge on any atom is 0.189 e. The monoisotopic (exact) mass is 326 g/mol. The van der Waals surface area contributed by atoms with E-state index in [1.54, 1.807) is 6.07 Å². The molecule has 0 spiro atoms. The Kier molecular flexibility index (Phi) is 3.92. The fourth-order valence-corrected chi connectivity index (χ4v) is 3.21. The van der Waals surface area contributed by atoms with Gasteiger partial charge >= 0.3 is 0 Å². The van der Waals surface area contributed by atoms with Crippen molar-refractivity contribution in [1.82, 2.24) is 4.57 Å². The van der Waals surface area contributed by atoms with Gasteiger partial charge in [0.25, 0.3) is 0 Å². The van der Waals surface area contributed by atoms with Crippen molar-refractivity contribution in [3.63, 3.8) is 0 Å². The van der Waals surface area contributed by atoms with Crippen LogP contribution in [0.1, 0.15) is 5.56 Å². The molecule has 25 heavy (non-hydrogen) atoms. The van der Waals surface area contributed by atoms with E-state index in [0.29, 0.717) is 6.54 Å². The van der Waals surface area contributed by atoms with Crippen LogP contribution < -0.4 is 11.2 Å². The molecule has 0 saturated carbocycles. The SMILES string of the molecule is NCc1ccccc1-c1ccc(-n2ccc(=O)c3ccccc32)cc1. The standard InChI is InChI=1S/C22H18N2O/c23-15-17-5-1-2-6-19(17)16-9-11-18(12-10-16)24-14-13-22(25)20-7-3-4-8-21(20)24/h1-14H,15,23H2. The molecule has 0 aliphatic rings. The van der Waals surface area contributed by atoms with E-state index in [9.17, 15) is 4.79 Å². The molecule has 122 valence electrons. The molecule has 0 atom stereocenters. The Bertz CT molecular complexity index is 1090. The lowest BCUT2D eigenvalue weighted by molar-refractivity contribution is 1.07. The average molecular weight is 326 g/mol. The van der Waals surface area contributed by atoms with Gasteiger partial charge in [-0.05, 0) is 41.0 Å². The predicted molar refractivity (Wildman–Crippen MR) is 103 cm³/mol. The molecule has 0 aliphatic carbocycles. The molecular formula is C22H18N2O. The summed E-state index contributed by atoms with van der Waals surface area (Å²) in [6.07, 6.45) is 1.83. The second kappa shape index (κ2) is 6.38. The van der Waals surface area contributed by atoms with Crippen LogP contribution >= 0.6 is 0 Å². The van der Waals surface area contributed by atoms with Gasteiger partial charge < -0.3 is 10.3 Å². The first kappa shape index (κ1) is 15.4. The molecule has 2 N–H and O–H groups in total. The van der Waals surface area contributed by atoms with E-state index in [1.807, 2.05) is 47.2 Å². The lowest BCUT2D eigenvalue weighted by Gasteiger charge is -2.12. The maximum atomic E-state index is 12.0. The Labute approximate surface area is 146 Å². The number of benzene rings is 3. The Hall–Kier alpha value is -3.17. The number of para-hydroxylation sites is 1. The highest BCUT2D eigenvalue weighted by molar-refractivity contribution is 5.80. The highest BCUT2D eigenvalue weighted by Gasteiger charge is 2.06. The normalized spacial score (nSPS) is 10.9. The number of fused-ring (bicyclic) bond motifs is 1. The lowest BCUT2D eigenvalue weighted by Crippen LogP contribution is -2.06. The summed E-state index contributed by atoms with van der Waals surface area (Å²) in [7, 11) is 0. The van der Waals surface area contributed by atoms with Crippen LogP contribution in [0.25, 0.3) is 27.7 Å². The molecule has 0 fully saturated rings. The van der Waals surface area contributed by atoms with Crippen molar-refractivity contribution >= 4 is 10.9 Å². The van der Waals surface area contributed by atoms with Crippen molar-refractivity contribution in [1.29, 1.82) is 0 Å². The molecule has 0 radical (unpaired) electrons. The Morgan fingerprint density at radius 1 is 0.800 bits per heavy atom. The van der Waals surface area contributed by atoms with Crippen LogP contribution in [0.2, 0.25) is 0 Å². The van der Waals surface area contributed by atoms with Gasteiger partial charge in [-0.25, -0.2) is 0 Å². The molecule has 4 aromatic rings. The summed E-state index contributed by atoms with van der Waals surface area (Å²) in [5, 5.41) is 0.725. The molecule has 4 rings (SSSR count). The minimum absolute atomic E-state index is 0.0420. The minimum atomic E-state index is 0.0420. The number of hydrogen-bond acceptors (Lipinski definition) is 2. The van der Waals surface area contributed by atoms with Gasteiger partial charge in [0.2, 0.25) is 0 Å². The van der Waals surface area contributed by atoms with E-state index in [-0.39, 0.29) is 5.43 Å². The third-order valence-corrected chi connectivity index (χ3v) is 4.50. The molecule has 0 saturated heterocycles. The highest BCUT2D eigenvalue weighted by Crippen LogP contribution is 2.25. The maximum absolute atomic E-state index is 12.0. The van der Waals surface area contributed by atoms with E-state index in [1.165, 1.54) is 0 Å². The van der Waals surface area contributed by atoms with Gasteiger partial charge in [-0.15, -0.1) is 0 Å². The summed E-state index contributed by atoms with van der Waals surface area (Å²) in [4.78, 5) is 12.0. The molecule has 3 aromatic carbocycles. The van der Waals surface area contributed by atoms with Crippen LogP contribution in [0.5, 0.6) is 0 Å². The quantitative estimate of drug-likeness (QED) is 0.616. The Morgan fingerprint density at radius 2 is 1.52 bits per heavy atom. The predicted octanol–water partition coefficient (Wildman–Crippen LogP) is 4.12. The summed E-state index contributed by atoms with van der Waals surface area (Å²) in [5.74, 6) is 0. The smallest absolute Gasteiger partial charge is 0.189 e. The van der Waals surface area contributed by atoms with E-state index in [0.717, 1.165) is 33.3 Å². The summed E-state index contributed by atoms with van der Waals surface area (Å²) in [6, 6.07) is 25.8. The molecular weight excluding hydrogens is 308 g/mol. The summed E-state index contributed by atoms with van der Waals surface area (Å²) >= 11 is 0. The lowest BCUT2D eigenvalue weighted by atomic mass is 9.99. The van der Waals surface area contributed by atoms with E-state index < -0.39 is 0 Å². The largest absolute Gasteiger partial charge is 0.326 e. The van der Waals surface area contributed by atoms with Gasteiger partial charge in [-0.1, -0.05) is 48.5 Å². The van der Waals surface area contributed by atoms with Gasteiger partial charge in [-0.3, -0.25) is 4.79 Å². The van der Waals surface area contributed by atoms with Gasteiger partial charge in [0, 0.05) is 29.9 Å². The van der Waals surface area contributed by atoms with Crippen molar-refractivity contribution in [3.8, 4) is 16.8 Å². The number of pyridine rings is 1. The molecule has 3 nitrogen and oxygen atoms in total. The fraction of sp³-hybridized carbons (Fsp3) is 0.0455. The van der Waals surface area contributed by atoms with Gasteiger partial charge in [0.1, 0.15) is 0 Å². The van der Waals surface area contributed by atoms with Crippen molar-refractivity contribution in [2.75, 3.05) is 0 Å². The van der Waals surface area contributed by atoms with E-state index in [2.05, 4.69) is 36.4 Å². The third kappa shape index (κ3) is 2.75. The molecule has 1 aromatic heterocycles. The summed E-state index contributed by atoms with van der Waals surface area (Å²) in [5.41, 5.74) is 11.2. The molecule has 3 heteroatoms. The van der Waals surface area contributed by atoms with E-state index >= 15 is 0 Å². The zero-order valence-electron chi connectivity index (χ0n) is 13.7. The molecule has 0 amide bonds. The molecule has 0 bridgehead atoms. The highest BCUT2D eigenvalue weighted by atomic mass is 16.1. The second-order valence-electron chi connectivity index (χ2n) is 5.98. The van der Waals surface area contributed by atoms with Crippen LogP contribution in [-0.2, 0) is 6.54 Å². The number of aromatic nitrogens is 1. The number of hydrogen-bond donors (Lipinski definition) is 1. The van der Waals surface area contributed by atoms with Crippen molar-refractivity contribution in [2.24, 2.45) is 5.73 Å². The first-order valence-electron chi connectivity index (χ1n) is 8.27. The van der Waals surface area contributed by atoms with Gasteiger partial charge in [0.15, 0.2) is 5.43 Å². The van der Waals surface area contributed by atoms with Gasteiger partial charge in [0.05, 0.1) is 5.52 Å². The number of rotatable bonds is 3. The molecule has 0 aliphatic heterocycles. The topological polar surface area (TPSA) is 48.0 Å². The molecule has 0 unspecified atom stereocenters. The first-order chi connectivity index (χ1) is 12.3. The first-order valence-corrected chi connectivity index (χ1v) is 8.27. The fourth-order valence-electron chi connectivity index (χ4n) is 3.21. The minimum Gasteiger partial charge on any atom is -0.326 e. The Balaban J connectivity index is 1.82. The number of nitrogens with zero attached hydrogens (tertiary/aromatic N) is 1. The second-order valence-corrected chi connectivity index (χ2v) is 5.98. The third-order valence-electron chi connectivity index (χ3n) is 4.50. The average Bonchev–Trinajstić information content (AvgIpc) is 2.69. The van der Waals surface area contributed by atoms with E-state index in [4.69, 9.17) is 5.73 Å². The van der Waals surface area contributed by atoms with Crippen LogP contribution in [0.4, 0.5) is 0 Å².